The number of anilines is 1. The zero-order valence-corrected chi connectivity index (χ0v) is 18.7. The number of amides is 1. The van der Waals surface area contributed by atoms with Crippen molar-refractivity contribution < 1.29 is 18.3 Å². The average molecular weight is 462 g/mol. The van der Waals surface area contributed by atoms with Crippen LogP contribution in [-0.2, 0) is 18.2 Å². The molecule has 0 spiro atoms. The van der Waals surface area contributed by atoms with Crippen LogP contribution in [0.25, 0.3) is 10.6 Å². The molecule has 10 heteroatoms. The summed E-state index contributed by atoms with van der Waals surface area (Å²) in [5, 5.41) is 9.06. The largest absolute Gasteiger partial charge is 0.369 e. The maximum Gasteiger partial charge on any atom is 0.275 e. The van der Waals surface area contributed by atoms with Crippen LogP contribution in [0.1, 0.15) is 47.6 Å². The van der Waals surface area contributed by atoms with E-state index in [1.54, 1.807) is 29.2 Å². The van der Waals surface area contributed by atoms with Crippen LogP contribution in [0.3, 0.4) is 0 Å². The Morgan fingerprint density at radius 2 is 2.22 bits per heavy atom. The van der Waals surface area contributed by atoms with Gasteiger partial charge in [-0.3, -0.25) is 9.48 Å². The minimum absolute atomic E-state index is 0.109. The van der Waals surface area contributed by atoms with Crippen molar-refractivity contribution in [3.8, 4) is 10.6 Å². The fraction of sp³-hybridized carbons (Fsp3) is 0.409. The zero-order chi connectivity index (χ0) is 22.8. The Balaban J connectivity index is 1.54. The van der Waals surface area contributed by atoms with Crippen LogP contribution >= 0.6 is 11.3 Å². The molecule has 1 aliphatic heterocycles. The first kappa shape index (κ1) is 22.5. The van der Waals surface area contributed by atoms with Crippen molar-refractivity contribution >= 4 is 22.9 Å². The highest BCUT2D eigenvalue weighted by Crippen LogP contribution is 2.33. The third-order valence-electron chi connectivity index (χ3n) is 5.63. The van der Waals surface area contributed by atoms with Gasteiger partial charge in [-0.05, 0) is 37.0 Å². The maximum absolute atomic E-state index is 14.3. The second kappa shape index (κ2) is 9.43. The third-order valence-corrected chi connectivity index (χ3v) is 6.50. The first-order chi connectivity index (χ1) is 15.4. The lowest BCUT2D eigenvalue weighted by Crippen LogP contribution is -2.32. The molecule has 0 aliphatic carbocycles. The molecule has 1 aromatic carbocycles. The second-order valence-electron chi connectivity index (χ2n) is 7.81. The quantitative estimate of drug-likeness (QED) is 0.599. The first-order valence-electron chi connectivity index (χ1n) is 10.5. The highest BCUT2D eigenvalue weighted by atomic mass is 32.1. The van der Waals surface area contributed by atoms with Gasteiger partial charge in [0.15, 0.2) is 0 Å². The zero-order valence-electron chi connectivity index (χ0n) is 17.8. The maximum atomic E-state index is 14.3. The molecule has 1 amide bonds. The molecule has 3 unspecified atom stereocenters. The molecular formula is C22H25F2N5O2S. The summed E-state index contributed by atoms with van der Waals surface area (Å²) in [6.45, 7) is 1.88. The van der Waals surface area contributed by atoms with Crippen LogP contribution in [0.2, 0.25) is 0 Å². The Morgan fingerprint density at radius 3 is 3.00 bits per heavy atom. The van der Waals surface area contributed by atoms with Gasteiger partial charge in [0.2, 0.25) is 0 Å². The fourth-order valence-corrected chi connectivity index (χ4v) is 4.54. The Hall–Kier alpha value is -2.69. The smallest absolute Gasteiger partial charge is 0.275 e. The van der Waals surface area contributed by atoms with Gasteiger partial charge in [0.25, 0.3) is 5.91 Å². The van der Waals surface area contributed by atoms with Crippen LogP contribution in [0.4, 0.5) is 14.5 Å². The molecule has 4 rings (SSSR count). The van der Waals surface area contributed by atoms with E-state index >= 15 is 0 Å². The molecule has 0 bridgehead atoms. The molecule has 3 aromatic rings. The van der Waals surface area contributed by atoms with E-state index in [4.69, 9.17) is 10.5 Å². The number of carbonyl (C=O) groups excluding carboxylic acids is 1. The van der Waals surface area contributed by atoms with Crippen molar-refractivity contribution in [1.82, 2.24) is 14.8 Å². The van der Waals surface area contributed by atoms with Gasteiger partial charge in [0.05, 0.1) is 24.2 Å². The van der Waals surface area contributed by atoms with E-state index < -0.39 is 24.2 Å². The summed E-state index contributed by atoms with van der Waals surface area (Å²) in [5.41, 5.74) is 8.46. The molecule has 7 nitrogen and oxygen atoms in total. The van der Waals surface area contributed by atoms with Crippen LogP contribution in [0.5, 0.6) is 0 Å². The number of nitrogens with zero attached hydrogens (tertiary/aromatic N) is 3. The lowest BCUT2D eigenvalue weighted by atomic mass is 10.0. The summed E-state index contributed by atoms with van der Waals surface area (Å²) in [6, 6.07) is 4.32. The van der Waals surface area contributed by atoms with Gasteiger partial charge in [-0.2, -0.15) is 5.10 Å². The van der Waals surface area contributed by atoms with Gasteiger partial charge in [-0.15, -0.1) is 11.3 Å². The number of alkyl halides is 1. The SMILES string of the molecule is CCc1ccc(F)c(-c2nc(C(=O)Nc3cnn(C)c3C3CCC(N)C(F)CO3)cs2)c1. The summed E-state index contributed by atoms with van der Waals surface area (Å²) in [5.74, 6) is -0.824. The van der Waals surface area contributed by atoms with Crippen molar-refractivity contribution in [2.45, 2.75) is 44.5 Å². The van der Waals surface area contributed by atoms with E-state index in [1.165, 1.54) is 23.6 Å². The predicted molar refractivity (Wildman–Crippen MR) is 119 cm³/mol. The standard InChI is InChI=1S/C22H25F2N5O2S/c1-3-12-4-5-14(23)13(8-12)22-28-18(11-32-22)21(30)27-17-9-26-29(2)20(17)19-7-6-16(25)15(24)10-31-19/h4-5,8-9,11,15-16,19H,3,6-7,10,25H2,1-2H3,(H,27,30). The van der Waals surface area contributed by atoms with Crippen molar-refractivity contribution in [3.63, 3.8) is 0 Å². The van der Waals surface area contributed by atoms with Gasteiger partial charge < -0.3 is 15.8 Å². The Kier molecular flexibility index (Phi) is 6.63. The molecule has 3 N–H and O–H groups in total. The van der Waals surface area contributed by atoms with Crippen molar-refractivity contribution in [2.75, 3.05) is 11.9 Å². The van der Waals surface area contributed by atoms with E-state index in [-0.39, 0.29) is 18.1 Å². The fourth-order valence-electron chi connectivity index (χ4n) is 3.72. The van der Waals surface area contributed by atoms with Crippen molar-refractivity contribution in [3.05, 3.63) is 52.5 Å². The normalized spacial score (nSPS) is 21.3. The summed E-state index contributed by atoms with van der Waals surface area (Å²) in [4.78, 5) is 17.2. The molecule has 1 fully saturated rings. The van der Waals surface area contributed by atoms with Gasteiger partial charge in [0, 0.05) is 24.0 Å². The topological polar surface area (TPSA) is 95.1 Å². The van der Waals surface area contributed by atoms with Crippen LogP contribution in [-0.4, -0.2) is 39.5 Å². The van der Waals surface area contributed by atoms with E-state index in [2.05, 4.69) is 15.4 Å². The number of nitrogens with one attached hydrogen (secondary N) is 1. The molecule has 0 radical (unpaired) electrons. The molecule has 170 valence electrons. The molecule has 2 aromatic heterocycles. The number of carbonyl (C=O) groups is 1. The number of rotatable bonds is 5. The molecule has 3 atom stereocenters. The lowest BCUT2D eigenvalue weighted by Gasteiger charge is -2.17. The number of halogens is 2. The summed E-state index contributed by atoms with van der Waals surface area (Å²) in [7, 11) is 1.73. The average Bonchev–Trinajstić information content (AvgIpc) is 3.37. The highest BCUT2D eigenvalue weighted by molar-refractivity contribution is 7.13. The number of hydrogen-bond donors (Lipinski definition) is 2. The number of thiazole rings is 1. The lowest BCUT2D eigenvalue weighted by molar-refractivity contribution is 0.0247. The first-order valence-corrected chi connectivity index (χ1v) is 11.3. The Labute approximate surface area is 188 Å². The number of aryl methyl sites for hydroxylation is 2. The van der Waals surface area contributed by atoms with Crippen LogP contribution in [0.15, 0.2) is 29.8 Å². The molecule has 1 saturated heterocycles. The van der Waals surface area contributed by atoms with Crippen molar-refractivity contribution in [1.29, 1.82) is 0 Å². The number of benzene rings is 1. The number of hydrogen-bond acceptors (Lipinski definition) is 6. The van der Waals surface area contributed by atoms with Crippen LogP contribution < -0.4 is 11.1 Å². The minimum Gasteiger partial charge on any atom is -0.369 e. The molecule has 32 heavy (non-hydrogen) atoms. The van der Waals surface area contributed by atoms with Gasteiger partial charge in [-0.25, -0.2) is 13.8 Å². The van der Waals surface area contributed by atoms with E-state index in [0.29, 0.717) is 34.8 Å². The van der Waals surface area contributed by atoms with E-state index in [9.17, 15) is 13.6 Å². The van der Waals surface area contributed by atoms with Gasteiger partial charge in [-0.1, -0.05) is 13.0 Å². The monoisotopic (exact) mass is 461 g/mol. The van der Waals surface area contributed by atoms with Crippen molar-refractivity contribution in [2.24, 2.45) is 12.8 Å². The minimum atomic E-state index is -1.23. The summed E-state index contributed by atoms with van der Waals surface area (Å²) in [6.07, 6.45) is 1.59. The van der Waals surface area contributed by atoms with Crippen LogP contribution in [0, 0.1) is 5.82 Å². The van der Waals surface area contributed by atoms with Gasteiger partial charge in [0.1, 0.15) is 28.8 Å². The molecule has 1 aliphatic rings. The molecular weight excluding hydrogens is 436 g/mol. The highest BCUT2D eigenvalue weighted by Gasteiger charge is 2.30. The second-order valence-corrected chi connectivity index (χ2v) is 8.66. The Bertz CT molecular complexity index is 1100. The summed E-state index contributed by atoms with van der Waals surface area (Å²) >= 11 is 1.20. The molecule has 0 saturated carbocycles. The van der Waals surface area contributed by atoms with E-state index in [1.807, 2.05) is 6.92 Å². The Morgan fingerprint density at radius 1 is 1.41 bits per heavy atom. The predicted octanol–water partition coefficient (Wildman–Crippen LogP) is 4.01. The number of aromatic nitrogens is 3. The molecule has 3 heterocycles. The van der Waals surface area contributed by atoms with Gasteiger partial charge >= 0.3 is 0 Å². The van der Waals surface area contributed by atoms with E-state index in [0.717, 1.165) is 12.0 Å². The summed E-state index contributed by atoms with van der Waals surface area (Å²) < 4.78 is 35.5. The third kappa shape index (κ3) is 4.57. The number of ether oxygens (including phenoxy) is 1. The number of nitrogens with two attached hydrogens (primary N) is 1.